The predicted molar refractivity (Wildman–Crippen MR) is 157 cm³/mol. The molecule has 0 aliphatic heterocycles. The Kier molecular flexibility index (Phi) is 8.68. The standard InChI is InChI=1S/C34H34N2O3/c1-5-39-33(37)31(24-35)27-20-25(22-34(2,3)23-27)16-17-26-18-19-30(21-32(26)38-4)36(28-12-8-6-9-13-28)29-14-10-7-11-15-29/h6-21H,5,22-23H2,1-4H3/b17-16+,31-27+. The van der Waals surface area contributed by atoms with E-state index in [1.165, 1.54) is 0 Å². The van der Waals surface area contributed by atoms with Crippen LogP contribution in [0.2, 0.25) is 0 Å². The van der Waals surface area contributed by atoms with Crippen molar-refractivity contribution in [2.75, 3.05) is 18.6 Å². The first kappa shape index (κ1) is 27.5. The number of hydrogen-bond donors (Lipinski definition) is 0. The van der Waals surface area contributed by atoms with Crippen molar-refractivity contribution in [3.05, 3.63) is 113 Å². The summed E-state index contributed by atoms with van der Waals surface area (Å²) in [6.07, 6.45) is 7.48. The molecule has 0 heterocycles. The van der Waals surface area contributed by atoms with Crippen molar-refractivity contribution in [2.24, 2.45) is 5.41 Å². The quantitative estimate of drug-likeness (QED) is 0.170. The molecule has 3 aromatic rings. The van der Waals surface area contributed by atoms with E-state index in [9.17, 15) is 10.1 Å². The number of benzene rings is 3. The van der Waals surface area contributed by atoms with Gasteiger partial charge in [0.05, 0.1) is 13.7 Å². The Labute approximate surface area is 231 Å². The van der Waals surface area contributed by atoms with Crippen LogP contribution in [0.3, 0.4) is 0 Å². The molecule has 0 atom stereocenters. The molecule has 0 aromatic heterocycles. The fourth-order valence-electron chi connectivity index (χ4n) is 4.95. The Balaban J connectivity index is 1.70. The van der Waals surface area contributed by atoms with E-state index in [0.29, 0.717) is 6.42 Å². The largest absolute Gasteiger partial charge is 0.496 e. The highest BCUT2D eigenvalue weighted by atomic mass is 16.5. The number of carbonyl (C=O) groups excluding carboxylic acids is 1. The molecule has 0 spiro atoms. The summed E-state index contributed by atoms with van der Waals surface area (Å²) in [5.41, 5.74) is 5.77. The molecule has 5 nitrogen and oxygen atoms in total. The Morgan fingerprint density at radius 3 is 2.15 bits per heavy atom. The summed E-state index contributed by atoms with van der Waals surface area (Å²) in [5.74, 6) is 0.183. The van der Waals surface area contributed by atoms with Crippen molar-refractivity contribution in [1.29, 1.82) is 5.26 Å². The minimum Gasteiger partial charge on any atom is -0.496 e. The molecule has 198 valence electrons. The number of rotatable bonds is 8. The van der Waals surface area contributed by atoms with Crippen LogP contribution in [0.1, 0.15) is 39.2 Å². The Morgan fingerprint density at radius 2 is 1.59 bits per heavy atom. The first-order chi connectivity index (χ1) is 18.8. The molecule has 39 heavy (non-hydrogen) atoms. The first-order valence-corrected chi connectivity index (χ1v) is 13.1. The number of allylic oxidation sites excluding steroid dienone is 4. The molecule has 0 unspecified atom stereocenters. The lowest BCUT2D eigenvalue weighted by Gasteiger charge is -2.30. The third kappa shape index (κ3) is 6.66. The minimum absolute atomic E-state index is 0.0828. The number of ether oxygens (including phenoxy) is 2. The van der Waals surface area contributed by atoms with Gasteiger partial charge in [0.15, 0.2) is 0 Å². The number of hydrogen-bond acceptors (Lipinski definition) is 5. The summed E-state index contributed by atoms with van der Waals surface area (Å²) in [6.45, 7) is 6.26. The molecule has 5 heteroatoms. The zero-order valence-electron chi connectivity index (χ0n) is 23.0. The van der Waals surface area contributed by atoms with Crippen molar-refractivity contribution in [1.82, 2.24) is 0 Å². The molecule has 1 aliphatic rings. The Hall–Kier alpha value is -4.56. The van der Waals surface area contributed by atoms with Crippen LogP contribution >= 0.6 is 0 Å². The first-order valence-electron chi connectivity index (χ1n) is 13.1. The number of nitrogens with zero attached hydrogens (tertiary/aromatic N) is 2. The Morgan fingerprint density at radius 1 is 0.949 bits per heavy atom. The van der Waals surface area contributed by atoms with Gasteiger partial charge in [-0.25, -0.2) is 4.79 Å². The number of methoxy groups -OCH3 is 1. The molecule has 0 bridgehead atoms. The summed E-state index contributed by atoms with van der Waals surface area (Å²) in [5, 5.41) is 9.67. The normalized spacial score (nSPS) is 15.7. The average Bonchev–Trinajstić information content (AvgIpc) is 2.93. The smallest absolute Gasteiger partial charge is 0.349 e. The lowest BCUT2D eigenvalue weighted by atomic mass is 9.74. The van der Waals surface area contributed by atoms with Gasteiger partial charge in [-0.05, 0) is 72.7 Å². The second kappa shape index (κ2) is 12.3. The van der Waals surface area contributed by atoms with Gasteiger partial charge >= 0.3 is 5.97 Å². The molecular formula is C34H34N2O3. The van der Waals surface area contributed by atoms with Gasteiger partial charge in [-0.3, -0.25) is 0 Å². The maximum Gasteiger partial charge on any atom is 0.349 e. The van der Waals surface area contributed by atoms with Crippen LogP contribution in [-0.4, -0.2) is 19.7 Å². The van der Waals surface area contributed by atoms with Gasteiger partial charge in [-0.1, -0.05) is 68.5 Å². The lowest BCUT2D eigenvalue weighted by Crippen LogP contribution is -2.19. The van der Waals surface area contributed by atoms with E-state index in [1.807, 2.05) is 66.8 Å². The fraction of sp³-hybridized carbons (Fsp3) is 0.235. The summed E-state index contributed by atoms with van der Waals surface area (Å²) >= 11 is 0. The number of para-hydroxylation sites is 2. The summed E-state index contributed by atoms with van der Waals surface area (Å²) < 4.78 is 10.9. The zero-order chi connectivity index (χ0) is 27.8. The van der Waals surface area contributed by atoms with Gasteiger partial charge in [0.2, 0.25) is 0 Å². The van der Waals surface area contributed by atoms with Crippen LogP contribution in [0.15, 0.2) is 108 Å². The number of anilines is 3. The second-order valence-electron chi connectivity index (χ2n) is 10.2. The van der Waals surface area contributed by atoms with Crippen molar-refractivity contribution in [3.63, 3.8) is 0 Å². The van der Waals surface area contributed by atoms with Crippen LogP contribution in [0, 0.1) is 16.7 Å². The van der Waals surface area contributed by atoms with Crippen molar-refractivity contribution < 1.29 is 14.3 Å². The molecule has 1 aliphatic carbocycles. The third-order valence-corrected chi connectivity index (χ3v) is 6.60. The monoisotopic (exact) mass is 518 g/mol. The van der Waals surface area contributed by atoms with E-state index in [2.05, 4.69) is 55.1 Å². The van der Waals surface area contributed by atoms with Gasteiger partial charge < -0.3 is 14.4 Å². The molecule has 0 radical (unpaired) electrons. The van der Waals surface area contributed by atoms with Crippen LogP contribution in [-0.2, 0) is 9.53 Å². The SMILES string of the molecule is CCOC(=O)/C(C#N)=C1C=C(/C=C/c2ccc(N(c3ccccc3)c3ccccc3)cc2OC)CC(C)(C)C\1. The molecule has 0 N–H and O–H groups in total. The van der Waals surface area contributed by atoms with Crippen molar-refractivity contribution in [2.45, 2.75) is 33.6 Å². The maximum atomic E-state index is 12.4. The highest BCUT2D eigenvalue weighted by molar-refractivity contribution is 5.94. The number of nitriles is 1. The predicted octanol–water partition coefficient (Wildman–Crippen LogP) is 8.31. The zero-order valence-corrected chi connectivity index (χ0v) is 23.0. The van der Waals surface area contributed by atoms with Crippen LogP contribution in [0.4, 0.5) is 17.1 Å². The van der Waals surface area contributed by atoms with E-state index >= 15 is 0 Å². The molecule has 0 fully saturated rings. The average molecular weight is 519 g/mol. The molecular weight excluding hydrogens is 484 g/mol. The van der Waals surface area contributed by atoms with Crippen LogP contribution in [0.5, 0.6) is 5.75 Å². The van der Waals surface area contributed by atoms with E-state index in [4.69, 9.17) is 9.47 Å². The molecule has 3 aromatic carbocycles. The highest BCUT2D eigenvalue weighted by Gasteiger charge is 2.28. The van der Waals surface area contributed by atoms with Gasteiger partial charge in [0.25, 0.3) is 0 Å². The van der Waals surface area contributed by atoms with Crippen LogP contribution in [0.25, 0.3) is 6.08 Å². The summed E-state index contributed by atoms with van der Waals surface area (Å²) in [4.78, 5) is 14.6. The highest BCUT2D eigenvalue weighted by Crippen LogP contribution is 2.41. The summed E-state index contributed by atoms with van der Waals surface area (Å²) in [7, 11) is 1.67. The number of esters is 1. The van der Waals surface area contributed by atoms with E-state index in [1.54, 1.807) is 14.0 Å². The molecule has 4 rings (SSSR count). The third-order valence-electron chi connectivity index (χ3n) is 6.60. The maximum absolute atomic E-state index is 12.4. The second-order valence-corrected chi connectivity index (χ2v) is 10.2. The van der Waals surface area contributed by atoms with E-state index < -0.39 is 5.97 Å². The van der Waals surface area contributed by atoms with Gasteiger partial charge in [0.1, 0.15) is 17.4 Å². The topological polar surface area (TPSA) is 62.6 Å². The molecule has 0 amide bonds. The minimum atomic E-state index is -0.564. The molecule has 0 saturated carbocycles. The van der Waals surface area contributed by atoms with Crippen molar-refractivity contribution in [3.8, 4) is 11.8 Å². The van der Waals surface area contributed by atoms with E-state index in [-0.39, 0.29) is 17.6 Å². The lowest BCUT2D eigenvalue weighted by molar-refractivity contribution is -0.138. The van der Waals surface area contributed by atoms with Gasteiger partial charge in [0, 0.05) is 28.7 Å². The number of carbonyl (C=O) groups is 1. The summed E-state index contributed by atoms with van der Waals surface area (Å²) in [6, 6.07) is 28.7. The molecule has 0 saturated heterocycles. The van der Waals surface area contributed by atoms with Crippen LogP contribution < -0.4 is 9.64 Å². The van der Waals surface area contributed by atoms with Gasteiger partial charge in [-0.15, -0.1) is 0 Å². The van der Waals surface area contributed by atoms with Gasteiger partial charge in [-0.2, -0.15) is 5.26 Å². The fourth-order valence-corrected chi connectivity index (χ4v) is 4.95. The Bertz CT molecular complexity index is 1410. The van der Waals surface area contributed by atoms with E-state index in [0.717, 1.165) is 45.9 Å². The van der Waals surface area contributed by atoms with Crippen molar-refractivity contribution >= 4 is 29.1 Å².